The van der Waals surface area contributed by atoms with E-state index in [9.17, 15) is 0 Å². The predicted octanol–water partition coefficient (Wildman–Crippen LogP) is 2.18. The van der Waals surface area contributed by atoms with Crippen LogP contribution in [0.4, 0.5) is 0 Å². The number of pyridine rings is 1. The highest BCUT2D eigenvalue weighted by atomic mass is 15.2. The first-order valence-corrected chi connectivity index (χ1v) is 6.38. The van der Waals surface area contributed by atoms with E-state index in [-0.39, 0.29) is 0 Å². The van der Waals surface area contributed by atoms with Gasteiger partial charge in [0.25, 0.3) is 0 Å². The van der Waals surface area contributed by atoms with E-state index in [2.05, 4.69) is 41.3 Å². The molecule has 0 amide bonds. The van der Waals surface area contributed by atoms with Crippen molar-refractivity contribution in [1.82, 2.24) is 14.5 Å². The summed E-state index contributed by atoms with van der Waals surface area (Å²) in [6, 6.07) is 6.50. The van der Waals surface area contributed by atoms with Gasteiger partial charge in [-0.2, -0.15) is 5.10 Å². The molecule has 0 spiro atoms. The van der Waals surface area contributed by atoms with E-state index in [0.717, 1.165) is 12.5 Å². The Bertz CT molecular complexity index is 574. The number of piperidine rings is 1. The van der Waals surface area contributed by atoms with Gasteiger partial charge in [-0.1, -0.05) is 6.92 Å². The lowest BCUT2D eigenvalue weighted by Gasteiger charge is -2.19. The third-order valence-corrected chi connectivity index (χ3v) is 4.47. The number of fused-ring (bicyclic) bond motifs is 2. The summed E-state index contributed by atoms with van der Waals surface area (Å²) in [6.45, 7) is 6.09. The molecule has 2 fully saturated rings. The van der Waals surface area contributed by atoms with Gasteiger partial charge in [-0.15, -0.1) is 0 Å². The van der Waals surface area contributed by atoms with E-state index in [1.165, 1.54) is 30.6 Å². The molecule has 1 aliphatic carbocycles. The lowest BCUT2D eigenvalue weighted by molar-refractivity contribution is 0.278. The maximum atomic E-state index is 4.22. The second-order valence-corrected chi connectivity index (χ2v) is 5.96. The van der Waals surface area contributed by atoms with Gasteiger partial charge in [-0.05, 0) is 41.5 Å². The van der Waals surface area contributed by atoms with Crippen LogP contribution in [0, 0.1) is 11.3 Å². The molecule has 3 nitrogen and oxygen atoms in total. The molecule has 3 heteroatoms. The summed E-state index contributed by atoms with van der Waals surface area (Å²) in [7, 11) is 0. The highest BCUT2D eigenvalue weighted by Crippen LogP contribution is 2.57. The maximum Gasteiger partial charge on any atom is 0.0664 e. The van der Waals surface area contributed by atoms with Crippen LogP contribution in [0.15, 0.2) is 30.6 Å². The molecule has 1 saturated carbocycles. The van der Waals surface area contributed by atoms with Crippen molar-refractivity contribution in [3.05, 3.63) is 36.2 Å². The Balaban J connectivity index is 1.55. The first kappa shape index (κ1) is 9.66. The number of rotatable bonds is 2. The molecule has 2 unspecified atom stereocenters. The first-order valence-electron chi connectivity index (χ1n) is 6.38. The van der Waals surface area contributed by atoms with E-state index in [0.29, 0.717) is 5.41 Å². The van der Waals surface area contributed by atoms with Gasteiger partial charge in [0.15, 0.2) is 0 Å². The molecule has 1 aliphatic heterocycles. The SMILES string of the molecule is CC12CC1CN(Cc1ccn3nccc3c1)C2. The minimum absolute atomic E-state index is 0.653. The van der Waals surface area contributed by atoms with Crippen molar-refractivity contribution in [3.63, 3.8) is 0 Å². The molecule has 3 heterocycles. The first-order chi connectivity index (χ1) is 8.23. The molecular weight excluding hydrogens is 210 g/mol. The van der Waals surface area contributed by atoms with Crippen LogP contribution in [-0.2, 0) is 6.54 Å². The number of hydrogen-bond donors (Lipinski definition) is 0. The third-order valence-electron chi connectivity index (χ3n) is 4.47. The van der Waals surface area contributed by atoms with E-state index in [1.807, 2.05) is 10.7 Å². The van der Waals surface area contributed by atoms with Crippen molar-refractivity contribution < 1.29 is 0 Å². The number of hydrogen-bond acceptors (Lipinski definition) is 2. The Kier molecular flexibility index (Phi) is 1.76. The fraction of sp³-hybridized carbons (Fsp3) is 0.500. The number of nitrogens with zero attached hydrogens (tertiary/aromatic N) is 3. The second kappa shape index (κ2) is 3.10. The van der Waals surface area contributed by atoms with Crippen LogP contribution in [0.1, 0.15) is 18.9 Å². The van der Waals surface area contributed by atoms with Crippen LogP contribution >= 0.6 is 0 Å². The molecule has 0 radical (unpaired) electrons. The Morgan fingerprint density at radius 2 is 2.41 bits per heavy atom. The summed E-state index contributed by atoms with van der Waals surface area (Å²) in [6.07, 6.45) is 5.36. The van der Waals surface area contributed by atoms with Crippen LogP contribution in [-0.4, -0.2) is 27.6 Å². The van der Waals surface area contributed by atoms with Crippen LogP contribution in [0.25, 0.3) is 5.52 Å². The molecule has 0 N–H and O–H groups in total. The van der Waals surface area contributed by atoms with Gasteiger partial charge in [0.05, 0.1) is 5.52 Å². The molecular formula is C14H17N3. The Hall–Kier alpha value is -1.35. The maximum absolute atomic E-state index is 4.22. The van der Waals surface area contributed by atoms with E-state index in [4.69, 9.17) is 0 Å². The highest BCUT2D eigenvalue weighted by Gasteiger charge is 2.55. The second-order valence-electron chi connectivity index (χ2n) is 5.96. The van der Waals surface area contributed by atoms with Crippen LogP contribution < -0.4 is 0 Å². The quantitative estimate of drug-likeness (QED) is 0.784. The fourth-order valence-electron chi connectivity index (χ4n) is 3.31. The van der Waals surface area contributed by atoms with E-state index >= 15 is 0 Å². The summed E-state index contributed by atoms with van der Waals surface area (Å²) >= 11 is 0. The third kappa shape index (κ3) is 1.49. The van der Waals surface area contributed by atoms with E-state index in [1.54, 1.807) is 0 Å². The van der Waals surface area contributed by atoms with Gasteiger partial charge in [0.2, 0.25) is 0 Å². The monoisotopic (exact) mass is 227 g/mol. The lowest BCUT2D eigenvalue weighted by atomic mass is 10.1. The Labute approximate surface area is 101 Å². The van der Waals surface area contributed by atoms with Gasteiger partial charge in [-0.25, -0.2) is 4.52 Å². The van der Waals surface area contributed by atoms with Crippen molar-refractivity contribution in [2.75, 3.05) is 13.1 Å². The fourth-order valence-corrected chi connectivity index (χ4v) is 3.31. The average Bonchev–Trinajstić information content (AvgIpc) is 2.67. The number of aromatic nitrogens is 2. The highest BCUT2D eigenvalue weighted by molar-refractivity contribution is 5.47. The Morgan fingerprint density at radius 1 is 1.47 bits per heavy atom. The summed E-state index contributed by atoms with van der Waals surface area (Å²) in [5.74, 6) is 0.973. The molecule has 2 aliphatic rings. The standard InChI is InChI=1S/C14H17N3/c1-14-7-12(14)9-16(10-14)8-11-3-5-17-13(6-11)2-4-15-17/h2-6,12H,7-10H2,1H3. The molecule has 2 aromatic heterocycles. The summed E-state index contributed by atoms with van der Waals surface area (Å²) in [5.41, 5.74) is 3.25. The van der Waals surface area contributed by atoms with Gasteiger partial charge in [0, 0.05) is 32.0 Å². The molecule has 1 saturated heterocycles. The Morgan fingerprint density at radius 3 is 3.24 bits per heavy atom. The molecule has 2 atom stereocenters. The smallest absolute Gasteiger partial charge is 0.0664 e. The topological polar surface area (TPSA) is 20.5 Å². The van der Waals surface area contributed by atoms with Gasteiger partial charge in [0.1, 0.15) is 0 Å². The zero-order valence-corrected chi connectivity index (χ0v) is 10.1. The zero-order chi connectivity index (χ0) is 11.5. The molecule has 0 aromatic carbocycles. The largest absolute Gasteiger partial charge is 0.298 e. The van der Waals surface area contributed by atoms with Crippen molar-refractivity contribution in [2.45, 2.75) is 19.9 Å². The molecule has 2 aromatic rings. The summed E-state index contributed by atoms with van der Waals surface area (Å²) in [4.78, 5) is 2.59. The van der Waals surface area contributed by atoms with Gasteiger partial charge < -0.3 is 0 Å². The van der Waals surface area contributed by atoms with Crippen molar-refractivity contribution >= 4 is 5.52 Å². The summed E-state index contributed by atoms with van der Waals surface area (Å²) < 4.78 is 1.92. The minimum Gasteiger partial charge on any atom is -0.298 e. The summed E-state index contributed by atoms with van der Waals surface area (Å²) in [5, 5.41) is 4.22. The van der Waals surface area contributed by atoms with Crippen molar-refractivity contribution in [3.8, 4) is 0 Å². The van der Waals surface area contributed by atoms with Crippen molar-refractivity contribution in [1.29, 1.82) is 0 Å². The van der Waals surface area contributed by atoms with Gasteiger partial charge in [-0.3, -0.25) is 4.90 Å². The van der Waals surface area contributed by atoms with Crippen LogP contribution in [0.2, 0.25) is 0 Å². The zero-order valence-electron chi connectivity index (χ0n) is 10.1. The van der Waals surface area contributed by atoms with Crippen LogP contribution in [0.5, 0.6) is 0 Å². The molecule has 17 heavy (non-hydrogen) atoms. The number of likely N-dealkylation sites (tertiary alicyclic amines) is 1. The molecule has 88 valence electrons. The predicted molar refractivity (Wildman–Crippen MR) is 66.7 cm³/mol. The van der Waals surface area contributed by atoms with E-state index < -0.39 is 0 Å². The molecule has 0 bridgehead atoms. The van der Waals surface area contributed by atoms with Crippen molar-refractivity contribution in [2.24, 2.45) is 11.3 Å². The van der Waals surface area contributed by atoms with Gasteiger partial charge >= 0.3 is 0 Å². The lowest BCUT2D eigenvalue weighted by Crippen LogP contribution is -2.23. The van der Waals surface area contributed by atoms with Crippen LogP contribution in [0.3, 0.4) is 0 Å². The average molecular weight is 227 g/mol. The minimum atomic E-state index is 0.653. The normalized spacial score (nSPS) is 31.9. The molecule has 4 rings (SSSR count).